The Labute approximate surface area is 283 Å². The number of carbonyl (C=O) groups is 3. The molecule has 2 bridgehead atoms. The number of benzene rings is 1. The molecule has 1 aromatic carbocycles. The van der Waals surface area contributed by atoms with Crippen molar-refractivity contribution in [3.63, 3.8) is 0 Å². The summed E-state index contributed by atoms with van der Waals surface area (Å²) in [7, 11) is 0. The number of fused-ring (bicyclic) bond motifs is 3. The van der Waals surface area contributed by atoms with Crippen LogP contribution in [0.5, 0.6) is 0 Å². The number of hydrogen-bond acceptors (Lipinski definition) is 10. The molecule has 0 radical (unpaired) electrons. The number of amides is 3. The first-order valence-corrected chi connectivity index (χ1v) is 17.7. The van der Waals surface area contributed by atoms with E-state index in [0.29, 0.717) is 42.6 Å². The average Bonchev–Trinajstić information content (AvgIpc) is 3.78. The van der Waals surface area contributed by atoms with Crippen molar-refractivity contribution in [2.45, 2.75) is 78.7 Å². The SMILES string of the molecule is Cc1nc2n(n1)CC(=O)N[C@@H](C(C)C)CN(Cc1nccs1)CC(=O)N[C@@H](CC(C)C)c1nc(cs1)C(=O)N[C@H]2Cc1ccccc1. The van der Waals surface area contributed by atoms with Crippen molar-refractivity contribution in [1.82, 2.24) is 45.6 Å². The quantitative estimate of drug-likeness (QED) is 0.265. The molecule has 1 aliphatic heterocycles. The molecular formula is C33H43N9O3S2. The standard InChI is InChI=1S/C33H43N9O3S2/c1-20(2)13-25-33-39-27(19-47-33)32(45)38-24(14-23-9-7-6-8-10-23)31-35-22(5)40-42(31)17-29(44)37-26(21(3)4)15-41(16-28(43)36-25)18-30-34-11-12-46-30/h6-12,19-21,24-26H,13-18H2,1-5H3,(H,36,43)(H,37,44)(H,38,45)/t24-,25-,26+/m0/s1. The summed E-state index contributed by atoms with van der Waals surface area (Å²) in [5.41, 5.74) is 1.26. The molecule has 250 valence electrons. The van der Waals surface area contributed by atoms with Crippen molar-refractivity contribution < 1.29 is 14.4 Å². The number of rotatable bonds is 7. The van der Waals surface area contributed by atoms with E-state index in [1.165, 1.54) is 22.7 Å². The molecule has 14 heteroatoms. The van der Waals surface area contributed by atoms with Crippen LogP contribution in [-0.4, -0.2) is 66.5 Å². The predicted molar refractivity (Wildman–Crippen MR) is 182 cm³/mol. The van der Waals surface area contributed by atoms with Gasteiger partial charge in [-0.05, 0) is 37.2 Å². The van der Waals surface area contributed by atoms with E-state index in [9.17, 15) is 14.4 Å². The highest BCUT2D eigenvalue weighted by Crippen LogP contribution is 2.26. The van der Waals surface area contributed by atoms with Crippen LogP contribution in [0, 0.1) is 18.8 Å². The molecule has 3 amide bonds. The maximum Gasteiger partial charge on any atom is 0.271 e. The van der Waals surface area contributed by atoms with Crippen LogP contribution in [-0.2, 0) is 29.1 Å². The second-order valence-corrected chi connectivity index (χ2v) is 14.6. The number of aryl methyl sites for hydroxylation is 1. The van der Waals surface area contributed by atoms with Gasteiger partial charge < -0.3 is 16.0 Å². The van der Waals surface area contributed by atoms with E-state index >= 15 is 0 Å². The van der Waals surface area contributed by atoms with Gasteiger partial charge in [-0.3, -0.25) is 19.3 Å². The number of nitrogens with one attached hydrogen (secondary N) is 3. The summed E-state index contributed by atoms with van der Waals surface area (Å²) in [6.07, 6.45) is 2.85. The van der Waals surface area contributed by atoms with Gasteiger partial charge >= 0.3 is 0 Å². The predicted octanol–water partition coefficient (Wildman–Crippen LogP) is 4.07. The van der Waals surface area contributed by atoms with Crippen LogP contribution in [0.4, 0.5) is 0 Å². The molecule has 3 aromatic heterocycles. The molecule has 4 heterocycles. The largest absolute Gasteiger partial charge is 0.350 e. The molecule has 3 N–H and O–H groups in total. The first kappa shape index (κ1) is 34.3. The summed E-state index contributed by atoms with van der Waals surface area (Å²) >= 11 is 2.89. The highest BCUT2D eigenvalue weighted by molar-refractivity contribution is 7.10. The molecule has 0 saturated carbocycles. The van der Waals surface area contributed by atoms with Crippen LogP contribution in [0.25, 0.3) is 0 Å². The Morgan fingerprint density at radius 3 is 2.40 bits per heavy atom. The molecule has 0 fully saturated rings. The van der Waals surface area contributed by atoms with Crippen LogP contribution in [0.2, 0.25) is 0 Å². The van der Waals surface area contributed by atoms with Gasteiger partial charge in [-0.25, -0.2) is 19.6 Å². The summed E-state index contributed by atoms with van der Waals surface area (Å²) in [5, 5.41) is 19.3. The zero-order valence-corrected chi connectivity index (χ0v) is 29.1. The van der Waals surface area contributed by atoms with Gasteiger partial charge in [0.2, 0.25) is 11.8 Å². The zero-order valence-electron chi connectivity index (χ0n) is 27.5. The molecule has 12 nitrogen and oxygen atoms in total. The lowest BCUT2D eigenvalue weighted by molar-refractivity contribution is -0.123. The lowest BCUT2D eigenvalue weighted by Gasteiger charge is -2.30. The van der Waals surface area contributed by atoms with Crippen molar-refractivity contribution in [3.8, 4) is 0 Å². The second-order valence-electron chi connectivity index (χ2n) is 12.7. The van der Waals surface area contributed by atoms with Crippen molar-refractivity contribution >= 4 is 40.4 Å². The number of thiazole rings is 2. The van der Waals surface area contributed by atoms with Gasteiger partial charge in [-0.15, -0.1) is 22.7 Å². The Morgan fingerprint density at radius 2 is 1.70 bits per heavy atom. The number of aromatic nitrogens is 5. The number of nitrogens with zero attached hydrogens (tertiary/aromatic N) is 6. The Kier molecular flexibility index (Phi) is 11.5. The Balaban J connectivity index is 1.53. The van der Waals surface area contributed by atoms with Gasteiger partial charge in [0.25, 0.3) is 5.91 Å². The second kappa shape index (κ2) is 15.7. The fraction of sp³-hybridized carbons (Fsp3) is 0.485. The van der Waals surface area contributed by atoms with Crippen LogP contribution in [0.15, 0.2) is 47.3 Å². The molecule has 0 aliphatic carbocycles. The first-order chi connectivity index (χ1) is 22.5. The summed E-state index contributed by atoms with van der Waals surface area (Å²) in [5.74, 6) is 0.581. The van der Waals surface area contributed by atoms with Gasteiger partial charge in [0.05, 0.1) is 25.2 Å². The van der Waals surface area contributed by atoms with Gasteiger partial charge in [0, 0.05) is 29.5 Å². The zero-order chi connectivity index (χ0) is 33.5. The Hall–Kier alpha value is -4.01. The molecule has 0 spiro atoms. The van der Waals surface area contributed by atoms with Gasteiger partial charge in [0.15, 0.2) is 5.82 Å². The van der Waals surface area contributed by atoms with Crippen molar-refractivity contribution in [2.75, 3.05) is 13.1 Å². The monoisotopic (exact) mass is 677 g/mol. The molecule has 0 unspecified atom stereocenters. The first-order valence-electron chi connectivity index (χ1n) is 15.9. The summed E-state index contributed by atoms with van der Waals surface area (Å²) < 4.78 is 1.57. The van der Waals surface area contributed by atoms with Crippen LogP contribution >= 0.6 is 22.7 Å². The minimum Gasteiger partial charge on any atom is -0.350 e. The van der Waals surface area contributed by atoms with Crippen LogP contribution in [0.1, 0.15) is 83.9 Å². The van der Waals surface area contributed by atoms with Crippen LogP contribution in [0.3, 0.4) is 0 Å². The third-order valence-corrected chi connectivity index (χ3v) is 9.63. The molecule has 1 aliphatic rings. The molecule has 47 heavy (non-hydrogen) atoms. The lowest BCUT2D eigenvalue weighted by Crippen LogP contribution is -2.50. The maximum atomic E-state index is 13.7. The summed E-state index contributed by atoms with van der Waals surface area (Å²) in [6, 6.07) is 8.61. The molecular weight excluding hydrogens is 635 g/mol. The van der Waals surface area contributed by atoms with Crippen LogP contribution < -0.4 is 16.0 Å². The molecule has 4 aromatic rings. The summed E-state index contributed by atoms with van der Waals surface area (Å²) in [6.45, 7) is 11.0. The normalized spacial score (nSPS) is 20.3. The van der Waals surface area contributed by atoms with Gasteiger partial charge in [0.1, 0.15) is 28.1 Å². The van der Waals surface area contributed by atoms with E-state index in [4.69, 9.17) is 4.98 Å². The maximum absolute atomic E-state index is 13.7. The van der Waals surface area contributed by atoms with E-state index in [0.717, 1.165) is 10.6 Å². The Bertz CT molecular complexity index is 1640. The molecule has 0 saturated heterocycles. The van der Waals surface area contributed by atoms with E-state index in [1.54, 1.807) is 23.2 Å². The van der Waals surface area contributed by atoms with E-state index < -0.39 is 6.04 Å². The third kappa shape index (κ3) is 9.52. The van der Waals surface area contributed by atoms with Gasteiger partial charge in [-0.1, -0.05) is 58.0 Å². The minimum absolute atomic E-state index is 0.0781. The third-order valence-electron chi connectivity index (χ3n) is 7.91. The van der Waals surface area contributed by atoms with Crippen molar-refractivity contribution in [1.29, 1.82) is 0 Å². The van der Waals surface area contributed by atoms with E-state index in [1.807, 2.05) is 54.5 Å². The number of carbonyl (C=O) groups excluding carboxylic acids is 3. The fourth-order valence-electron chi connectivity index (χ4n) is 5.62. The van der Waals surface area contributed by atoms with E-state index in [-0.39, 0.29) is 60.4 Å². The number of hydrogen-bond donors (Lipinski definition) is 3. The Morgan fingerprint density at radius 1 is 0.936 bits per heavy atom. The molecule has 5 rings (SSSR count). The van der Waals surface area contributed by atoms with Gasteiger partial charge in [-0.2, -0.15) is 5.10 Å². The van der Waals surface area contributed by atoms with E-state index in [2.05, 4.69) is 44.9 Å². The topological polar surface area (TPSA) is 147 Å². The summed E-state index contributed by atoms with van der Waals surface area (Å²) in [4.78, 5) is 56.8. The minimum atomic E-state index is -0.580. The highest BCUT2D eigenvalue weighted by atomic mass is 32.1. The molecule has 3 atom stereocenters. The fourth-order valence-corrected chi connectivity index (χ4v) is 7.14. The lowest BCUT2D eigenvalue weighted by atomic mass is 10.0. The van der Waals surface area contributed by atoms with Crippen molar-refractivity contribution in [2.24, 2.45) is 11.8 Å². The average molecular weight is 678 g/mol. The van der Waals surface area contributed by atoms with Crippen molar-refractivity contribution in [3.05, 3.63) is 80.2 Å². The smallest absolute Gasteiger partial charge is 0.271 e. The highest BCUT2D eigenvalue weighted by Gasteiger charge is 2.29.